The summed E-state index contributed by atoms with van der Waals surface area (Å²) in [5.74, 6) is 0.879. The van der Waals surface area contributed by atoms with Gasteiger partial charge in [0.15, 0.2) is 0 Å². The maximum absolute atomic E-state index is 3.94. The van der Waals surface area contributed by atoms with Crippen LogP contribution in [0, 0.1) is 0 Å². The molecular formula is C36H27NS2. The maximum Gasteiger partial charge on any atom is 0.0487 e. The van der Waals surface area contributed by atoms with E-state index >= 15 is 0 Å². The molecule has 3 heteroatoms. The molecule has 2 unspecified atom stereocenters. The van der Waals surface area contributed by atoms with E-state index in [-0.39, 0.29) is 0 Å². The zero-order valence-corrected chi connectivity index (χ0v) is 23.1. The number of benzene rings is 4. The molecule has 5 aromatic rings. The first-order valence-electron chi connectivity index (χ1n) is 13.7. The molecule has 0 spiro atoms. The highest BCUT2D eigenvalue weighted by Gasteiger charge is 2.31. The van der Waals surface area contributed by atoms with Crippen LogP contribution in [0.4, 0.5) is 5.69 Å². The fraction of sp³-hybridized carbons (Fsp3) is 0.111. The van der Waals surface area contributed by atoms with E-state index in [1.165, 1.54) is 63.6 Å². The predicted molar refractivity (Wildman–Crippen MR) is 170 cm³/mol. The highest BCUT2D eigenvalue weighted by molar-refractivity contribution is 8.03. The Morgan fingerprint density at radius 3 is 2.49 bits per heavy atom. The minimum absolute atomic E-state index is 0.424. The van der Waals surface area contributed by atoms with Crippen LogP contribution >= 0.6 is 23.1 Å². The van der Waals surface area contributed by atoms with Crippen LogP contribution in [0.2, 0.25) is 0 Å². The zero-order valence-electron chi connectivity index (χ0n) is 21.4. The molecule has 0 saturated heterocycles. The quantitative estimate of drug-likeness (QED) is 0.245. The molecule has 1 N–H and O–H groups in total. The highest BCUT2D eigenvalue weighted by Crippen LogP contribution is 2.53. The molecule has 0 saturated carbocycles. The second kappa shape index (κ2) is 9.44. The molecular weight excluding hydrogens is 511 g/mol. The van der Waals surface area contributed by atoms with Crippen LogP contribution in [0.25, 0.3) is 25.7 Å². The van der Waals surface area contributed by atoms with Gasteiger partial charge in [0, 0.05) is 58.8 Å². The van der Waals surface area contributed by atoms with Crippen LogP contribution in [0.3, 0.4) is 0 Å². The average molecular weight is 538 g/mol. The summed E-state index contributed by atoms with van der Waals surface area (Å²) in [6.07, 6.45) is 13.9. The Morgan fingerprint density at radius 1 is 0.744 bits per heavy atom. The van der Waals surface area contributed by atoms with Crippen molar-refractivity contribution in [2.45, 2.75) is 29.6 Å². The van der Waals surface area contributed by atoms with Crippen molar-refractivity contribution in [3.63, 3.8) is 0 Å². The summed E-state index contributed by atoms with van der Waals surface area (Å²) < 4.78 is 2.70. The second-order valence-corrected chi connectivity index (χ2v) is 12.6. The Bertz CT molecular complexity index is 1870. The summed E-state index contributed by atoms with van der Waals surface area (Å²) >= 11 is 3.84. The van der Waals surface area contributed by atoms with Crippen molar-refractivity contribution in [1.29, 1.82) is 0 Å². The number of hydrogen-bond donors (Lipinski definition) is 1. The number of anilines is 1. The molecule has 2 aliphatic carbocycles. The van der Waals surface area contributed by atoms with Crippen LogP contribution in [0.5, 0.6) is 0 Å². The van der Waals surface area contributed by atoms with Gasteiger partial charge in [-0.15, -0.1) is 11.3 Å². The van der Waals surface area contributed by atoms with Crippen LogP contribution in [-0.4, -0.2) is 0 Å². The SMILES string of the molecule is C1=CC(Nc2ccc3c(sc4ccccc43)c2C2=CCC(c3ccccc3)C=C2)=C2Sc3ccccc3C2C1. The Labute approximate surface area is 237 Å². The lowest BCUT2D eigenvalue weighted by atomic mass is 9.87. The Kier molecular flexibility index (Phi) is 5.60. The van der Waals surface area contributed by atoms with Crippen molar-refractivity contribution >= 4 is 54.5 Å². The molecule has 0 amide bonds. The maximum atomic E-state index is 3.94. The molecule has 3 aliphatic rings. The average Bonchev–Trinajstić information content (AvgIpc) is 3.57. The van der Waals surface area contributed by atoms with E-state index in [2.05, 4.69) is 127 Å². The first kappa shape index (κ1) is 23.1. The van der Waals surface area contributed by atoms with Gasteiger partial charge in [0.05, 0.1) is 0 Å². The lowest BCUT2D eigenvalue weighted by Crippen LogP contribution is -2.09. The third-order valence-electron chi connectivity index (χ3n) is 8.19. The molecule has 1 aliphatic heterocycles. The molecule has 1 nitrogen and oxygen atoms in total. The van der Waals surface area contributed by atoms with Gasteiger partial charge in [-0.05, 0) is 53.8 Å². The van der Waals surface area contributed by atoms with E-state index < -0.39 is 0 Å². The standard InChI is InChI=1S/C36H27NS2/c1-2-9-23(10-3-1)24-17-19-25(20-18-24)34-30(22-21-29-27-12-5-7-16-33(27)39-36(29)34)37-31-14-8-13-28-26-11-4-6-15-32(26)38-35(28)31/h1-12,14-17,19-22,24,28,37H,13,18H2. The topological polar surface area (TPSA) is 12.0 Å². The first-order valence-corrected chi connectivity index (χ1v) is 15.3. The summed E-state index contributed by atoms with van der Waals surface area (Å²) in [6.45, 7) is 0. The molecule has 0 radical (unpaired) electrons. The summed E-state index contributed by atoms with van der Waals surface area (Å²) in [6, 6.07) is 33.2. The van der Waals surface area contributed by atoms with Crippen molar-refractivity contribution in [2.24, 2.45) is 0 Å². The minimum atomic E-state index is 0.424. The molecule has 1 aromatic heterocycles. The number of thiophene rings is 1. The van der Waals surface area contributed by atoms with E-state index in [1.54, 1.807) is 0 Å². The monoisotopic (exact) mass is 537 g/mol. The molecule has 39 heavy (non-hydrogen) atoms. The van der Waals surface area contributed by atoms with E-state index in [9.17, 15) is 0 Å². The first-order chi connectivity index (χ1) is 19.3. The fourth-order valence-corrected chi connectivity index (χ4v) is 8.83. The number of rotatable bonds is 4. The van der Waals surface area contributed by atoms with Crippen molar-refractivity contribution in [3.8, 4) is 0 Å². The number of hydrogen-bond acceptors (Lipinski definition) is 3. The fourth-order valence-electron chi connectivity index (χ4n) is 6.25. The third kappa shape index (κ3) is 3.92. The van der Waals surface area contributed by atoms with Gasteiger partial charge in [0.1, 0.15) is 0 Å². The van der Waals surface area contributed by atoms with E-state index in [0.29, 0.717) is 11.8 Å². The molecule has 2 atom stereocenters. The number of allylic oxidation sites excluding steroid dienone is 7. The summed E-state index contributed by atoms with van der Waals surface area (Å²) in [7, 11) is 0. The van der Waals surface area contributed by atoms with Crippen molar-refractivity contribution in [3.05, 3.63) is 149 Å². The smallest absolute Gasteiger partial charge is 0.0487 e. The number of nitrogens with one attached hydrogen (secondary N) is 1. The zero-order chi connectivity index (χ0) is 25.8. The van der Waals surface area contributed by atoms with Gasteiger partial charge in [0.2, 0.25) is 0 Å². The van der Waals surface area contributed by atoms with Crippen LogP contribution in [0.15, 0.2) is 137 Å². The van der Waals surface area contributed by atoms with Crippen molar-refractivity contribution in [1.82, 2.24) is 0 Å². The predicted octanol–water partition coefficient (Wildman–Crippen LogP) is 10.7. The van der Waals surface area contributed by atoms with Gasteiger partial charge < -0.3 is 5.32 Å². The molecule has 4 aromatic carbocycles. The Morgan fingerprint density at radius 2 is 1.59 bits per heavy atom. The summed E-state index contributed by atoms with van der Waals surface area (Å²) in [4.78, 5) is 2.84. The lowest BCUT2D eigenvalue weighted by molar-refractivity contribution is 0.828. The lowest BCUT2D eigenvalue weighted by Gasteiger charge is -2.23. The molecule has 0 fully saturated rings. The van der Waals surface area contributed by atoms with Gasteiger partial charge in [0.25, 0.3) is 0 Å². The van der Waals surface area contributed by atoms with Gasteiger partial charge >= 0.3 is 0 Å². The van der Waals surface area contributed by atoms with Crippen molar-refractivity contribution < 1.29 is 0 Å². The van der Waals surface area contributed by atoms with E-state index in [4.69, 9.17) is 0 Å². The number of fused-ring (bicyclic) bond motifs is 6. The second-order valence-electron chi connectivity index (χ2n) is 10.5. The van der Waals surface area contributed by atoms with Gasteiger partial charge in [-0.25, -0.2) is 0 Å². The summed E-state index contributed by atoms with van der Waals surface area (Å²) in [5.41, 5.74) is 7.90. The molecule has 8 rings (SSSR count). The van der Waals surface area contributed by atoms with Crippen LogP contribution < -0.4 is 5.32 Å². The Balaban J connectivity index is 1.24. The van der Waals surface area contributed by atoms with Gasteiger partial charge in [-0.2, -0.15) is 0 Å². The third-order valence-corrected chi connectivity index (χ3v) is 10.7. The Hall–Kier alpha value is -3.79. The molecule has 188 valence electrons. The largest absolute Gasteiger partial charge is 0.354 e. The normalized spacial score (nSPS) is 19.8. The van der Waals surface area contributed by atoms with E-state index in [0.717, 1.165) is 12.8 Å². The highest BCUT2D eigenvalue weighted by atomic mass is 32.2. The van der Waals surface area contributed by atoms with Crippen molar-refractivity contribution in [2.75, 3.05) is 5.32 Å². The van der Waals surface area contributed by atoms with Crippen LogP contribution in [0.1, 0.15) is 41.4 Å². The van der Waals surface area contributed by atoms with Gasteiger partial charge in [-0.1, -0.05) is 109 Å². The van der Waals surface area contributed by atoms with Gasteiger partial charge in [-0.3, -0.25) is 0 Å². The van der Waals surface area contributed by atoms with Crippen LogP contribution in [-0.2, 0) is 0 Å². The number of thioether (sulfide) groups is 1. The molecule has 0 bridgehead atoms. The van der Waals surface area contributed by atoms with E-state index in [1.807, 2.05) is 23.1 Å². The minimum Gasteiger partial charge on any atom is -0.354 e. The summed E-state index contributed by atoms with van der Waals surface area (Å²) in [5, 5.41) is 6.62. The molecule has 2 heterocycles.